The highest BCUT2D eigenvalue weighted by Crippen LogP contribution is 2.19. The topological polar surface area (TPSA) is 22.1 Å². The Morgan fingerprint density at radius 1 is 1.27 bits per heavy atom. The van der Waals surface area contributed by atoms with Gasteiger partial charge in [-0.05, 0) is 12.1 Å². The van der Waals surface area contributed by atoms with Crippen molar-refractivity contribution in [2.75, 3.05) is 0 Å². The van der Waals surface area contributed by atoms with E-state index in [0.717, 1.165) is 11.3 Å². The number of hydrogen-bond acceptors (Lipinski definition) is 2. The summed E-state index contributed by atoms with van der Waals surface area (Å²) in [4.78, 5) is 3.95. The second-order valence-electron chi connectivity index (χ2n) is 2.22. The van der Waals surface area contributed by atoms with E-state index in [2.05, 4.69) is 4.98 Å². The number of pyridine rings is 1. The van der Waals surface area contributed by atoms with E-state index in [-0.39, 0.29) is 0 Å². The summed E-state index contributed by atoms with van der Waals surface area (Å²) in [5.41, 5.74) is 1.06. The molecule has 0 amide bonds. The second-order valence-corrected chi connectivity index (χ2v) is 2.22. The first kappa shape index (κ1) is 6.16. The van der Waals surface area contributed by atoms with Crippen LogP contribution in [0, 0.1) is 0 Å². The van der Waals surface area contributed by atoms with Gasteiger partial charge >= 0.3 is 0 Å². The minimum Gasteiger partial charge on any atom is -0.463 e. The Labute approximate surface area is 64.8 Å². The van der Waals surface area contributed by atoms with E-state index in [1.54, 1.807) is 18.7 Å². The van der Waals surface area contributed by atoms with Crippen molar-refractivity contribution in [1.29, 1.82) is 0 Å². The summed E-state index contributed by atoms with van der Waals surface area (Å²) in [6.45, 7) is 0. The molecule has 0 N–H and O–H groups in total. The maximum atomic E-state index is 5.24. The van der Waals surface area contributed by atoms with E-state index >= 15 is 0 Å². The molecule has 0 spiro atoms. The van der Waals surface area contributed by atoms with E-state index in [1.165, 1.54) is 0 Å². The smallest absolute Gasteiger partial charge is 0.151 e. The monoisotopic (exact) mass is 145 g/mol. The summed E-state index contributed by atoms with van der Waals surface area (Å²) in [5, 5.41) is 0. The van der Waals surface area contributed by atoms with Gasteiger partial charge in [0.1, 0.15) is 0 Å². The Balaban J connectivity index is 2.52. The number of rotatable bonds is 0. The van der Waals surface area contributed by atoms with Crippen LogP contribution in [0.1, 0.15) is 5.56 Å². The molecule has 1 aromatic rings. The predicted octanol–water partition coefficient (Wildman–Crippen LogP) is 2.00. The first-order valence-corrected chi connectivity index (χ1v) is 3.41. The van der Waals surface area contributed by atoms with Crippen LogP contribution in [0.25, 0.3) is 6.08 Å². The molecule has 2 nitrogen and oxygen atoms in total. The molecule has 2 heterocycles. The van der Waals surface area contributed by atoms with E-state index in [0.29, 0.717) is 0 Å². The zero-order valence-electron chi connectivity index (χ0n) is 5.90. The van der Waals surface area contributed by atoms with Crippen LogP contribution in [0.5, 0.6) is 5.75 Å². The normalized spacial score (nSPS) is 13.5. The number of allylic oxidation sites excluding steroid dienone is 2. The first-order chi connectivity index (χ1) is 5.47. The lowest BCUT2D eigenvalue weighted by Crippen LogP contribution is -1.84. The molecule has 0 radical (unpaired) electrons. The fraction of sp³-hybridized carbons (Fsp3) is 0. The fourth-order valence-electron chi connectivity index (χ4n) is 0.944. The van der Waals surface area contributed by atoms with Crippen LogP contribution in [0.4, 0.5) is 0 Å². The van der Waals surface area contributed by atoms with Gasteiger partial charge in [-0.25, -0.2) is 0 Å². The standard InChI is InChI=1S/C9H7NO/c1-2-6-11-9-7-10-5-4-8(9)3-1/h1-7H. The Morgan fingerprint density at radius 3 is 3.27 bits per heavy atom. The van der Waals surface area contributed by atoms with Gasteiger partial charge in [-0.1, -0.05) is 12.2 Å². The highest BCUT2D eigenvalue weighted by Gasteiger charge is 1.99. The fourth-order valence-corrected chi connectivity index (χ4v) is 0.944. The molecule has 0 aromatic carbocycles. The Morgan fingerprint density at radius 2 is 2.27 bits per heavy atom. The number of aromatic nitrogens is 1. The molecule has 0 aliphatic carbocycles. The lowest BCUT2D eigenvalue weighted by molar-refractivity contribution is 0.479. The van der Waals surface area contributed by atoms with Crippen molar-refractivity contribution in [2.24, 2.45) is 0 Å². The quantitative estimate of drug-likeness (QED) is 0.557. The van der Waals surface area contributed by atoms with Crippen molar-refractivity contribution < 1.29 is 4.74 Å². The maximum absolute atomic E-state index is 5.24. The second kappa shape index (κ2) is 2.58. The molecule has 1 aliphatic rings. The Bertz CT molecular complexity index is 315. The summed E-state index contributed by atoms with van der Waals surface area (Å²) in [6, 6.07) is 1.92. The summed E-state index contributed by atoms with van der Waals surface area (Å²) < 4.78 is 5.24. The summed E-state index contributed by atoms with van der Waals surface area (Å²) >= 11 is 0. The molecule has 0 unspecified atom stereocenters. The molecule has 0 bridgehead atoms. The largest absolute Gasteiger partial charge is 0.463 e. The lowest BCUT2D eigenvalue weighted by Gasteiger charge is -2.00. The van der Waals surface area contributed by atoms with Gasteiger partial charge in [-0.2, -0.15) is 0 Å². The summed E-state index contributed by atoms with van der Waals surface area (Å²) in [7, 11) is 0. The van der Waals surface area contributed by atoms with Crippen LogP contribution >= 0.6 is 0 Å². The van der Waals surface area contributed by atoms with Gasteiger partial charge in [-0.3, -0.25) is 4.98 Å². The third kappa shape index (κ3) is 1.15. The van der Waals surface area contributed by atoms with E-state index in [4.69, 9.17) is 4.74 Å². The van der Waals surface area contributed by atoms with Gasteiger partial charge in [0.15, 0.2) is 5.75 Å². The molecule has 0 saturated carbocycles. The molecular weight excluding hydrogens is 138 g/mol. The third-order valence-corrected chi connectivity index (χ3v) is 1.48. The van der Waals surface area contributed by atoms with Crippen molar-refractivity contribution >= 4 is 6.08 Å². The van der Waals surface area contributed by atoms with Gasteiger partial charge < -0.3 is 4.74 Å². The average Bonchev–Trinajstić information content (AvgIpc) is 2.28. The van der Waals surface area contributed by atoms with Gasteiger partial charge in [0.05, 0.1) is 12.5 Å². The zero-order valence-corrected chi connectivity index (χ0v) is 5.90. The molecule has 11 heavy (non-hydrogen) atoms. The number of ether oxygens (including phenoxy) is 1. The summed E-state index contributed by atoms with van der Waals surface area (Å²) in [6.07, 6.45) is 10.9. The third-order valence-electron chi connectivity index (χ3n) is 1.48. The number of hydrogen-bond donors (Lipinski definition) is 0. The van der Waals surface area contributed by atoms with Gasteiger partial charge in [0.2, 0.25) is 0 Å². The van der Waals surface area contributed by atoms with Crippen LogP contribution in [-0.4, -0.2) is 4.98 Å². The van der Waals surface area contributed by atoms with Crippen LogP contribution in [0.15, 0.2) is 36.9 Å². The molecule has 2 rings (SSSR count). The van der Waals surface area contributed by atoms with Crippen LogP contribution in [-0.2, 0) is 0 Å². The molecule has 1 aromatic heterocycles. The minimum absolute atomic E-state index is 0.803. The maximum Gasteiger partial charge on any atom is 0.151 e. The van der Waals surface area contributed by atoms with Crippen molar-refractivity contribution in [3.05, 3.63) is 42.4 Å². The van der Waals surface area contributed by atoms with Crippen LogP contribution in [0.3, 0.4) is 0 Å². The van der Waals surface area contributed by atoms with Gasteiger partial charge in [0.25, 0.3) is 0 Å². The molecule has 0 atom stereocenters. The molecule has 1 aliphatic heterocycles. The molecule has 2 heteroatoms. The van der Waals surface area contributed by atoms with E-state index in [9.17, 15) is 0 Å². The predicted molar refractivity (Wildman–Crippen MR) is 43.0 cm³/mol. The molecular formula is C9H7NO. The van der Waals surface area contributed by atoms with Crippen LogP contribution < -0.4 is 4.74 Å². The van der Waals surface area contributed by atoms with Crippen molar-refractivity contribution in [3.8, 4) is 5.75 Å². The highest BCUT2D eigenvalue weighted by molar-refractivity contribution is 5.58. The van der Waals surface area contributed by atoms with E-state index in [1.807, 2.05) is 24.3 Å². The highest BCUT2D eigenvalue weighted by atomic mass is 16.5. The van der Waals surface area contributed by atoms with Crippen molar-refractivity contribution in [1.82, 2.24) is 4.98 Å². The molecule has 0 fully saturated rings. The number of fused-ring (bicyclic) bond motifs is 1. The first-order valence-electron chi connectivity index (χ1n) is 3.41. The van der Waals surface area contributed by atoms with Crippen molar-refractivity contribution in [3.63, 3.8) is 0 Å². The molecule has 0 saturated heterocycles. The minimum atomic E-state index is 0.803. The Hall–Kier alpha value is -1.57. The van der Waals surface area contributed by atoms with Gasteiger partial charge in [-0.15, -0.1) is 0 Å². The SMILES string of the molecule is C1=COc2cnccc2C=C1. The average molecular weight is 145 g/mol. The van der Waals surface area contributed by atoms with E-state index < -0.39 is 0 Å². The van der Waals surface area contributed by atoms with Crippen LogP contribution in [0.2, 0.25) is 0 Å². The number of nitrogens with zero attached hydrogens (tertiary/aromatic N) is 1. The lowest BCUT2D eigenvalue weighted by atomic mass is 10.2. The summed E-state index contributed by atoms with van der Waals surface area (Å²) in [5.74, 6) is 0.803. The van der Waals surface area contributed by atoms with Gasteiger partial charge in [0, 0.05) is 11.8 Å². The zero-order chi connectivity index (χ0) is 7.52. The van der Waals surface area contributed by atoms with Crippen molar-refractivity contribution in [2.45, 2.75) is 0 Å². The Kier molecular flexibility index (Phi) is 1.44. The molecule has 54 valence electrons.